The van der Waals surface area contributed by atoms with E-state index in [4.69, 9.17) is 4.74 Å². The van der Waals surface area contributed by atoms with E-state index in [-0.39, 0.29) is 6.09 Å². The number of carbonyl (C=O) groups excluding carboxylic acids is 1. The van der Waals surface area contributed by atoms with Crippen LogP contribution in [0.1, 0.15) is 40.1 Å². The van der Waals surface area contributed by atoms with Gasteiger partial charge in [-0.05, 0) is 44.2 Å². The van der Waals surface area contributed by atoms with Crippen molar-refractivity contribution in [3.63, 3.8) is 0 Å². The van der Waals surface area contributed by atoms with Crippen LogP contribution in [0.5, 0.6) is 0 Å². The minimum absolute atomic E-state index is 0.141. The molecule has 0 aromatic carbocycles. The summed E-state index contributed by atoms with van der Waals surface area (Å²) in [7, 11) is 0. The summed E-state index contributed by atoms with van der Waals surface area (Å²) >= 11 is 1.93. The predicted octanol–water partition coefficient (Wildman–Crippen LogP) is 3.10. The van der Waals surface area contributed by atoms with Gasteiger partial charge >= 0.3 is 6.09 Å². The van der Waals surface area contributed by atoms with Gasteiger partial charge in [-0.25, -0.2) is 4.79 Å². The van der Waals surface area contributed by atoms with E-state index in [1.165, 1.54) is 22.6 Å². The number of hydrogen-bond donors (Lipinski definition) is 0. The van der Waals surface area contributed by atoms with Crippen LogP contribution in [-0.4, -0.2) is 30.7 Å². The minimum Gasteiger partial charge on any atom is -0.450 e. The van der Waals surface area contributed by atoms with Gasteiger partial charge in [0.25, 0.3) is 0 Å². The fourth-order valence-electron chi connectivity index (χ4n) is 3.25. The first-order valence-electron chi connectivity index (χ1n) is 6.73. The second-order valence-corrected chi connectivity index (χ2v) is 6.41. The molecule has 2 aliphatic rings. The molecule has 0 saturated carbocycles. The van der Waals surface area contributed by atoms with E-state index in [1.54, 1.807) is 11.1 Å². The third-order valence-electron chi connectivity index (χ3n) is 4.05. The van der Waals surface area contributed by atoms with Crippen LogP contribution in [0.2, 0.25) is 0 Å². The maximum Gasteiger partial charge on any atom is 0.409 e. The highest BCUT2D eigenvalue weighted by atomic mass is 32.1. The average Bonchev–Trinajstić information content (AvgIpc) is 2.82. The zero-order valence-electron chi connectivity index (χ0n) is 11.0. The molecule has 3 rings (SSSR count). The van der Waals surface area contributed by atoms with Crippen LogP contribution in [0.25, 0.3) is 0 Å². The molecule has 0 radical (unpaired) electrons. The molecule has 1 aliphatic carbocycles. The van der Waals surface area contributed by atoms with Gasteiger partial charge in [-0.2, -0.15) is 0 Å². The van der Waals surface area contributed by atoms with E-state index >= 15 is 0 Å². The Morgan fingerprint density at radius 2 is 2.33 bits per heavy atom. The summed E-state index contributed by atoms with van der Waals surface area (Å²) in [6, 6.07) is 0. The quantitative estimate of drug-likeness (QED) is 0.781. The minimum atomic E-state index is -0.141. The van der Waals surface area contributed by atoms with Crippen LogP contribution in [0.4, 0.5) is 4.79 Å². The predicted molar refractivity (Wildman–Crippen MR) is 72.4 cm³/mol. The van der Waals surface area contributed by atoms with E-state index in [9.17, 15) is 4.79 Å². The number of aryl methyl sites for hydroxylation is 1. The number of hydrogen-bond acceptors (Lipinski definition) is 3. The first-order chi connectivity index (χ1) is 8.70. The molecule has 0 unspecified atom stereocenters. The lowest BCUT2D eigenvalue weighted by Gasteiger charge is -2.22. The molecule has 0 N–H and O–H groups in total. The Bertz CT molecular complexity index is 480. The smallest absolute Gasteiger partial charge is 0.409 e. The number of thiophene rings is 1. The molecule has 1 aliphatic heterocycles. The summed E-state index contributed by atoms with van der Waals surface area (Å²) in [5.41, 5.74) is 3.15. The maximum absolute atomic E-state index is 11.9. The molecule has 2 heterocycles. The summed E-state index contributed by atoms with van der Waals surface area (Å²) < 4.78 is 5.14. The highest BCUT2D eigenvalue weighted by Gasteiger charge is 2.34. The number of carbonyl (C=O) groups is 1. The standard InChI is InChI=1S/C14H19NO2S/c1-3-17-14(16)15-7-6-12-13-10(8-15)4-5-11(13)9(2)18-12/h10H,3-8H2,1-2H3/t10-/m0/s1. The molecule has 3 nitrogen and oxygen atoms in total. The van der Waals surface area contributed by atoms with Gasteiger partial charge in [0.05, 0.1) is 6.61 Å². The Morgan fingerprint density at radius 3 is 3.11 bits per heavy atom. The van der Waals surface area contributed by atoms with Crippen molar-refractivity contribution in [3.8, 4) is 0 Å². The molecule has 1 aromatic heterocycles. The molecule has 18 heavy (non-hydrogen) atoms. The van der Waals surface area contributed by atoms with E-state index in [0.29, 0.717) is 12.5 Å². The molecular formula is C14H19NO2S. The van der Waals surface area contributed by atoms with Gasteiger partial charge in [0, 0.05) is 28.8 Å². The van der Waals surface area contributed by atoms with Crippen LogP contribution < -0.4 is 0 Å². The van der Waals surface area contributed by atoms with Crippen molar-refractivity contribution >= 4 is 17.4 Å². The summed E-state index contributed by atoms with van der Waals surface area (Å²) in [5, 5.41) is 0. The summed E-state index contributed by atoms with van der Waals surface area (Å²) in [5.74, 6) is 0.548. The number of nitrogens with zero attached hydrogens (tertiary/aromatic N) is 1. The third kappa shape index (κ3) is 1.83. The van der Waals surface area contributed by atoms with Crippen LogP contribution in [0.3, 0.4) is 0 Å². The summed E-state index contributed by atoms with van der Waals surface area (Å²) in [6.45, 7) is 6.21. The topological polar surface area (TPSA) is 29.5 Å². The molecule has 1 atom stereocenters. The second kappa shape index (κ2) is 4.57. The summed E-state index contributed by atoms with van der Waals surface area (Å²) in [4.78, 5) is 16.8. The Balaban J connectivity index is 1.84. The van der Waals surface area contributed by atoms with Gasteiger partial charge in [0.2, 0.25) is 0 Å². The van der Waals surface area contributed by atoms with Crippen molar-refractivity contribution in [3.05, 3.63) is 20.9 Å². The monoisotopic (exact) mass is 265 g/mol. The van der Waals surface area contributed by atoms with Gasteiger partial charge in [-0.1, -0.05) is 0 Å². The Labute approximate surface area is 112 Å². The van der Waals surface area contributed by atoms with Crippen LogP contribution in [0, 0.1) is 6.92 Å². The highest BCUT2D eigenvalue weighted by Crippen LogP contribution is 2.44. The van der Waals surface area contributed by atoms with Gasteiger partial charge < -0.3 is 9.64 Å². The molecule has 1 aromatic rings. The largest absolute Gasteiger partial charge is 0.450 e. The van der Waals surface area contributed by atoms with E-state index in [2.05, 4.69) is 6.92 Å². The van der Waals surface area contributed by atoms with Crippen molar-refractivity contribution < 1.29 is 9.53 Å². The van der Waals surface area contributed by atoms with Crippen LogP contribution in [-0.2, 0) is 17.6 Å². The lowest BCUT2D eigenvalue weighted by Crippen LogP contribution is -2.34. The molecule has 0 bridgehead atoms. The van der Waals surface area contributed by atoms with Gasteiger partial charge in [-0.15, -0.1) is 11.3 Å². The Hall–Kier alpha value is -1.03. The lowest BCUT2D eigenvalue weighted by molar-refractivity contribution is 0.106. The molecule has 1 amide bonds. The number of ether oxygens (including phenoxy) is 1. The lowest BCUT2D eigenvalue weighted by atomic mass is 10.0. The SMILES string of the molecule is CCOC(=O)N1CCc2sc(C)c3c2[C@@H](CC3)C1. The van der Waals surface area contributed by atoms with Crippen molar-refractivity contribution in [2.24, 2.45) is 0 Å². The van der Waals surface area contributed by atoms with Crippen LogP contribution >= 0.6 is 11.3 Å². The average molecular weight is 265 g/mol. The first kappa shape index (κ1) is 12.0. The van der Waals surface area contributed by atoms with Gasteiger partial charge in [-0.3, -0.25) is 0 Å². The molecular weight excluding hydrogens is 246 g/mol. The second-order valence-electron chi connectivity index (χ2n) is 5.10. The van der Waals surface area contributed by atoms with E-state index in [1.807, 2.05) is 23.2 Å². The van der Waals surface area contributed by atoms with E-state index < -0.39 is 0 Å². The fraction of sp³-hybridized carbons (Fsp3) is 0.643. The number of rotatable bonds is 1. The molecule has 98 valence electrons. The fourth-order valence-corrected chi connectivity index (χ4v) is 4.55. The Kier molecular flexibility index (Phi) is 3.06. The summed E-state index contributed by atoms with van der Waals surface area (Å²) in [6.07, 6.45) is 3.25. The third-order valence-corrected chi connectivity index (χ3v) is 5.28. The van der Waals surface area contributed by atoms with Gasteiger partial charge in [0.1, 0.15) is 0 Å². The zero-order valence-corrected chi connectivity index (χ0v) is 11.8. The van der Waals surface area contributed by atoms with E-state index in [0.717, 1.165) is 19.5 Å². The Morgan fingerprint density at radius 1 is 1.50 bits per heavy atom. The first-order valence-corrected chi connectivity index (χ1v) is 7.55. The number of amides is 1. The van der Waals surface area contributed by atoms with Crippen molar-refractivity contribution in [1.29, 1.82) is 0 Å². The highest BCUT2D eigenvalue weighted by molar-refractivity contribution is 7.12. The van der Waals surface area contributed by atoms with Crippen molar-refractivity contribution in [2.75, 3.05) is 19.7 Å². The van der Waals surface area contributed by atoms with Crippen LogP contribution in [0.15, 0.2) is 0 Å². The zero-order chi connectivity index (χ0) is 12.7. The maximum atomic E-state index is 11.9. The molecule has 0 spiro atoms. The molecule has 0 fully saturated rings. The molecule has 0 saturated heterocycles. The van der Waals surface area contributed by atoms with Crippen molar-refractivity contribution in [1.82, 2.24) is 4.90 Å². The molecule has 4 heteroatoms. The van der Waals surface area contributed by atoms with Gasteiger partial charge in [0.15, 0.2) is 0 Å². The normalized spacial score (nSPS) is 21.7. The van der Waals surface area contributed by atoms with Crippen molar-refractivity contribution in [2.45, 2.75) is 39.0 Å².